The Kier molecular flexibility index (Phi) is 3.96. The van der Waals surface area contributed by atoms with E-state index in [2.05, 4.69) is 52.7 Å². The maximum absolute atomic E-state index is 11.8. The van der Waals surface area contributed by atoms with Crippen molar-refractivity contribution in [1.82, 2.24) is 4.98 Å². The van der Waals surface area contributed by atoms with Crippen molar-refractivity contribution in [2.75, 3.05) is 13.7 Å². The predicted octanol–water partition coefficient (Wildman–Crippen LogP) is 3.51. The van der Waals surface area contributed by atoms with Gasteiger partial charge in [0.15, 0.2) is 0 Å². The molecule has 1 unspecified atom stereocenters. The van der Waals surface area contributed by atoms with Gasteiger partial charge in [-0.25, -0.2) is 0 Å². The minimum Gasteiger partial charge on any atom is -0.469 e. The number of carbonyl (C=O) groups excluding carboxylic acids is 1. The van der Waals surface area contributed by atoms with Gasteiger partial charge >= 0.3 is 5.97 Å². The molecule has 1 N–H and O–H groups in total. The Bertz CT molecular complexity index is 694. The van der Waals surface area contributed by atoms with Crippen LogP contribution in [-0.4, -0.2) is 24.7 Å². The summed E-state index contributed by atoms with van der Waals surface area (Å²) in [5.41, 5.74) is 2.86. The molecular weight excluding hydrogens is 381 g/mol. The summed E-state index contributed by atoms with van der Waals surface area (Å²) in [5, 5.41) is 1.24. The second kappa shape index (κ2) is 5.61. The molecular formula is C16H18INO3. The minimum absolute atomic E-state index is 0.238. The highest BCUT2D eigenvalue weighted by atomic mass is 127. The van der Waals surface area contributed by atoms with Gasteiger partial charge in [-0.05, 0) is 47.1 Å². The first-order valence-electron chi connectivity index (χ1n) is 7.11. The zero-order chi connectivity index (χ0) is 15.0. The van der Waals surface area contributed by atoms with Crippen LogP contribution in [-0.2, 0) is 26.3 Å². The van der Waals surface area contributed by atoms with Gasteiger partial charge in [-0.1, -0.05) is 19.1 Å². The Hall–Kier alpha value is -1.08. The number of hydrogen-bond donors (Lipinski definition) is 1. The SMILES string of the molecule is CCC1(CC(=O)OC)OCCc2c1[nH]c1c(I)cccc21. The van der Waals surface area contributed by atoms with Crippen LogP contribution in [0.1, 0.15) is 31.0 Å². The van der Waals surface area contributed by atoms with E-state index in [1.807, 2.05) is 0 Å². The fourth-order valence-corrected chi connectivity index (χ4v) is 3.79. The predicted molar refractivity (Wildman–Crippen MR) is 89.3 cm³/mol. The van der Waals surface area contributed by atoms with Crippen molar-refractivity contribution in [2.24, 2.45) is 0 Å². The maximum Gasteiger partial charge on any atom is 0.308 e. The summed E-state index contributed by atoms with van der Waals surface area (Å²) in [6.07, 6.45) is 1.85. The monoisotopic (exact) mass is 399 g/mol. The number of H-pyrrole nitrogens is 1. The average molecular weight is 399 g/mol. The van der Waals surface area contributed by atoms with Crippen molar-refractivity contribution >= 4 is 39.5 Å². The van der Waals surface area contributed by atoms with Crippen LogP contribution in [0.4, 0.5) is 0 Å². The molecule has 5 heteroatoms. The summed E-state index contributed by atoms with van der Waals surface area (Å²) in [5.74, 6) is -0.238. The lowest BCUT2D eigenvalue weighted by atomic mass is 9.86. The number of aromatic nitrogens is 1. The van der Waals surface area contributed by atoms with Crippen molar-refractivity contribution in [1.29, 1.82) is 0 Å². The molecule has 0 spiro atoms. The standard InChI is InChI=1S/C16H18INO3/c1-3-16(9-13(19)20-2)15-11(7-8-21-16)10-5-4-6-12(17)14(10)18-15/h4-6,18H,3,7-9H2,1-2H3. The molecule has 0 saturated heterocycles. The molecule has 0 fully saturated rings. The van der Waals surface area contributed by atoms with Gasteiger partial charge in [0, 0.05) is 8.96 Å². The van der Waals surface area contributed by atoms with Crippen LogP contribution in [0.5, 0.6) is 0 Å². The van der Waals surface area contributed by atoms with Gasteiger partial charge in [0.1, 0.15) is 5.60 Å². The molecule has 4 nitrogen and oxygen atoms in total. The molecule has 1 aliphatic heterocycles. The molecule has 1 aliphatic rings. The maximum atomic E-state index is 11.8. The highest BCUT2D eigenvalue weighted by molar-refractivity contribution is 14.1. The van der Waals surface area contributed by atoms with E-state index in [-0.39, 0.29) is 12.4 Å². The second-order valence-electron chi connectivity index (χ2n) is 5.34. The van der Waals surface area contributed by atoms with Crippen LogP contribution >= 0.6 is 22.6 Å². The van der Waals surface area contributed by atoms with Crippen LogP contribution in [0.3, 0.4) is 0 Å². The number of halogens is 1. The number of carbonyl (C=O) groups is 1. The number of nitrogens with one attached hydrogen (secondary N) is 1. The number of benzene rings is 1. The third-order valence-corrected chi connectivity index (χ3v) is 5.20. The first kappa shape index (κ1) is 14.8. The van der Waals surface area contributed by atoms with E-state index in [0.717, 1.165) is 24.1 Å². The summed E-state index contributed by atoms with van der Waals surface area (Å²) in [6, 6.07) is 6.29. The Morgan fingerprint density at radius 1 is 1.52 bits per heavy atom. The smallest absolute Gasteiger partial charge is 0.308 e. The van der Waals surface area contributed by atoms with Crippen LogP contribution in [0.25, 0.3) is 10.9 Å². The van der Waals surface area contributed by atoms with E-state index >= 15 is 0 Å². The fraction of sp³-hybridized carbons (Fsp3) is 0.438. The number of methoxy groups -OCH3 is 1. The number of hydrogen-bond acceptors (Lipinski definition) is 3. The highest BCUT2D eigenvalue weighted by Crippen LogP contribution is 2.42. The molecule has 1 atom stereocenters. The lowest BCUT2D eigenvalue weighted by Crippen LogP contribution is -2.37. The summed E-state index contributed by atoms with van der Waals surface area (Å²) in [4.78, 5) is 15.3. The van der Waals surface area contributed by atoms with E-state index in [1.54, 1.807) is 0 Å². The molecule has 0 radical (unpaired) electrons. The quantitative estimate of drug-likeness (QED) is 0.635. The van der Waals surface area contributed by atoms with Crippen LogP contribution in [0, 0.1) is 3.57 Å². The Morgan fingerprint density at radius 3 is 3.05 bits per heavy atom. The summed E-state index contributed by atoms with van der Waals surface area (Å²) >= 11 is 2.33. The zero-order valence-corrected chi connectivity index (χ0v) is 14.3. The van der Waals surface area contributed by atoms with Gasteiger partial charge in [0.05, 0.1) is 31.3 Å². The lowest BCUT2D eigenvalue weighted by Gasteiger charge is -2.35. The van der Waals surface area contributed by atoms with Crippen molar-refractivity contribution in [3.05, 3.63) is 33.0 Å². The highest BCUT2D eigenvalue weighted by Gasteiger charge is 2.41. The van der Waals surface area contributed by atoms with Crippen molar-refractivity contribution in [2.45, 2.75) is 31.8 Å². The first-order chi connectivity index (χ1) is 10.1. The lowest BCUT2D eigenvalue weighted by molar-refractivity contribution is -0.152. The van der Waals surface area contributed by atoms with E-state index in [9.17, 15) is 4.79 Å². The number of rotatable bonds is 3. The number of aromatic amines is 1. The summed E-state index contributed by atoms with van der Waals surface area (Å²) < 4.78 is 12.1. The molecule has 21 heavy (non-hydrogen) atoms. The van der Waals surface area contributed by atoms with Gasteiger partial charge in [-0.3, -0.25) is 4.79 Å². The largest absolute Gasteiger partial charge is 0.469 e. The minimum atomic E-state index is -0.594. The van der Waals surface area contributed by atoms with Gasteiger partial charge in [0.2, 0.25) is 0 Å². The number of para-hydroxylation sites is 1. The molecule has 3 rings (SSSR count). The van der Waals surface area contributed by atoms with E-state index < -0.39 is 5.60 Å². The molecule has 0 bridgehead atoms. The zero-order valence-electron chi connectivity index (χ0n) is 12.2. The average Bonchev–Trinajstić information content (AvgIpc) is 2.89. The van der Waals surface area contributed by atoms with Gasteiger partial charge < -0.3 is 14.5 Å². The second-order valence-corrected chi connectivity index (χ2v) is 6.50. The molecule has 112 valence electrons. The molecule has 0 saturated carbocycles. The van der Waals surface area contributed by atoms with Crippen molar-refractivity contribution < 1.29 is 14.3 Å². The van der Waals surface area contributed by atoms with E-state index in [1.165, 1.54) is 21.6 Å². The first-order valence-corrected chi connectivity index (χ1v) is 8.19. The molecule has 1 aromatic carbocycles. The van der Waals surface area contributed by atoms with Gasteiger partial charge in [-0.15, -0.1) is 0 Å². The van der Waals surface area contributed by atoms with Crippen LogP contribution in [0.2, 0.25) is 0 Å². The summed E-state index contributed by atoms with van der Waals surface area (Å²) in [6.45, 7) is 2.69. The molecule has 2 heterocycles. The van der Waals surface area contributed by atoms with E-state index in [4.69, 9.17) is 9.47 Å². The number of fused-ring (bicyclic) bond motifs is 3. The Labute approximate surface area is 137 Å². The van der Waals surface area contributed by atoms with Crippen molar-refractivity contribution in [3.63, 3.8) is 0 Å². The molecule has 1 aromatic heterocycles. The van der Waals surface area contributed by atoms with Gasteiger partial charge in [-0.2, -0.15) is 0 Å². The van der Waals surface area contributed by atoms with Crippen LogP contribution in [0.15, 0.2) is 18.2 Å². The normalized spacial score (nSPS) is 21.3. The Balaban J connectivity index is 2.18. The Morgan fingerprint density at radius 2 is 2.33 bits per heavy atom. The number of ether oxygens (including phenoxy) is 2. The third kappa shape index (κ3) is 2.36. The fourth-order valence-electron chi connectivity index (χ4n) is 3.16. The van der Waals surface area contributed by atoms with Crippen molar-refractivity contribution in [3.8, 4) is 0 Å². The van der Waals surface area contributed by atoms with Crippen LogP contribution < -0.4 is 0 Å². The van der Waals surface area contributed by atoms with E-state index in [0.29, 0.717) is 6.61 Å². The molecule has 0 amide bonds. The molecule has 0 aliphatic carbocycles. The summed E-state index contributed by atoms with van der Waals surface area (Å²) in [7, 11) is 1.42. The number of esters is 1. The molecule has 2 aromatic rings. The third-order valence-electron chi connectivity index (χ3n) is 4.31. The topological polar surface area (TPSA) is 51.3 Å². The van der Waals surface area contributed by atoms with Gasteiger partial charge in [0.25, 0.3) is 0 Å².